The Labute approximate surface area is 228 Å². The molecule has 2 saturated carbocycles. The van der Waals surface area contributed by atoms with Crippen LogP contribution in [0.15, 0.2) is 18.2 Å². The summed E-state index contributed by atoms with van der Waals surface area (Å²) in [6.45, 7) is -0.419. The SMILES string of the molecule is CCn1nc(C(=O)NCC2CCC(S(C)(=O)=O)CC2)c(Cl)c1-c1ccc(C2CCCCC2)cc1OC(F)F. The highest BCUT2D eigenvalue weighted by atomic mass is 35.5. The Bertz CT molecular complexity index is 1240. The van der Waals surface area contributed by atoms with Gasteiger partial charge in [0.25, 0.3) is 5.91 Å². The quantitative estimate of drug-likeness (QED) is 0.387. The molecular weight excluding hydrogens is 536 g/mol. The average Bonchev–Trinajstić information content (AvgIpc) is 3.23. The van der Waals surface area contributed by atoms with Crippen LogP contribution in [0.25, 0.3) is 11.3 Å². The van der Waals surface area contributed by atoms with Gasteiger partial charge >= 0.3 is 6.61 Å². The van der Waals surface area contributed by atoms with Crippen molar-refractivity contribution < 1.29 is 26.7 Å². The summed E-state index contributed by atoms with van der Waals surface area (Å²) in [4.78, 5) is 13.0. The first-order chi connectivity index (χ1) is 18.1. The van der Waals surface area contributed by atoms with Gasteiger partial charge in [-0.1, -0.05) is 36.9 Å². The number of aryl methyl sites for hydroxylation is 1. The van der Waals surface area contributed by atoms with Gasteiger partial charge in [-0.3, -0.25) is 9.48 Å². The minimum absolute atomic E-state index is 0.0210. The lowest BCUT2D eigenvalue weighted by atomic mass is 9.83. The molecule has 1 aromatic carbocycles. The summed E-state index contributed by atoms with van der Waals surface area (Å²) < 4.78 is 56.9. The monoisotopic (exact) mass is 571 g/mol. The molecule has 1 N–H and O–H groups in total. The second-order valence-electron chi connectivity index (χ2n) is 10.5. The molecule has 11 heteroatoms. The first kappa shape index (κ1) is 28.8. The number of sulfone groups is 1. The standard InChI is InChI=1S/C27H36ClF2N3O4S/c1-3-33-25(21-14-11-19(15-22(21)37-27(29)30)18-7-5-4-6-8-18)23(28)24(32-33)26(34)31-16-17-9-12-20(13-10-17)38(2,35)36/h11,14-15,17-18,20,27H,3-10,12-13,16H2,1-2H3,(H,31,34). The lowest BCUT2D eigenvalue weighted by molar-refractivity contribution is -0.0495. The van der Waals surface area contributed by atoms with E-state index >= 15 is 0 Å². The van der Waals surface area contributed by atoms with Crippen molar-refractivity contribution in [2.75, 3.05) is 12.8 Å². The van der Waals surface area contributed by atoms with Crippen LogP contribution in [0, 0.1) is 5.92 Å². The Morgan fingerprint density at radius 3 is 2.45 bits per heavy atom. The van der Waals surface area contributed by atoms with Crippen LogP contribution in [0.5, 0.6) is 5.75 Å². The zero-order valence-corrected chi connectivity index (χ0v) is 23.5. The third kappa shape index (κ3) is 6.68. The number of ether oxygens (including phenoxy) is 1. The molecule has 7 nitrogen and oxygen atoms in total. The number of nitrogens with zero attached hydrogens (tertiary/aromatic N) is 2. The van der Waals surface area contributed by atoms with Gasteiger partial charge in [-0.15, -0.1) is 0 Å². The van der Waals surface area contributed by atoms with Gasteiger partial charge in [0.05, 0.1) is 16.0 Å². The van der Waals surface area contributed by atoms with Crippen LogP contribution in [0.3, 0.4) is 0 Å². The fourth-order valence-corrected chi connectivity index (χ4v) is 7.23. The smallest absolute Gasteiger partial charge is 0.387 e. The molecule has 210 valence electrons. The minimum atomic E-state index is -3.06. The van der Waals surface area contributed by atoms with E-state index < -0.39 is 22.4 Å². The zero-order chi connectivity index (χ0) is 27.4. The maximum Gasteiger partial charge on any atom is 0.387 e. The van der Waals surface area contributed by atoms with Crippen molar-refractivity contribution in [3.05, 3.63) is 34.5 Å². The Balaban J connectivity index is 1.54. The fourth-order valence-electron chi connectivity index (χ4n) is 5.77. The van der Waals surface area contributed by atoms with E-state index in [2.05, 4.69) is 10.4 Å². The van der Waals surface area contributed by atoms with E-state index in [4.69, 9.17) is 16.3 Å². The maximum absolute atomic E-state index is 13.4. The third-order valence-corrected chi connectivity index (χ3v) is 9.95. The molecule has 0 saturated heterocycles. The van der Waals surface area contributed by atoms with Crippen LogP contribution in [0.1, 0.15) is 86.7 Å². The summed E-state index contributed by atoms with van der Waals surface area (Å²) in [7, 11) is -3.06. The van der Waals surface area contributed by atoms with Crippen molar-refractivity contribution in [3.63, 3.8) is 0 Å². The van der Waals surface area contributed by atoms with Crippen LogP contribution in [0.4, 0.5) is 8.78 Å². The molecular formula is C27H36ClF2N3O4S. The van der Waals surface area contributed by atoms with E-state index in [9.17, 15) is 22.0 Å². The number of amides is 1. The molecule has 1 amide bonds. The van der Waals surface area contributed by atoms with Crippen LogP contribution >= 0.6 is 11.6 Å². The van der Waals surface area contributed by atoms with Crippen LogP contribution in [0.2, 0.25) is 5.02 Å². The number of halogens is 3. The molecule has 0 spiro atoms. The molecule has 0 atom stereocenters. The normalized spacial score (nSPS) is 21.0. The number of benzene rings is 1. The number of nitrogens with one attached hydrogen (secondary N) is 1. The van der Waals surface area contributed by atoms with Gasteiger partial charge < -0.3 is 10.1 Å². The van der Waals surface area contributed by atoms with Gasteiger partial charge in [-0.2, -0.15) is 13.9 Å². The van der Waals surface area contributed by atoms with E-state index in [0.717, 1.165) is 31.2 Å². The van der Waals surface area contributed by atoms with E-state index in [-0.39, 0.29) is 27.6 Å². The predicted octanol–water partition coefficient (Wildman–Crippen LogP) is 6.21. The molecule has 4 rings (SSSR count). The van der Waals surface area contributed by atoms with Gasteiger partial charge in [0, 0.05) is 24.9 Å². The van der Waals surface area contributed by atoms with Crippen molar-refractivity contribution in [2.24, 2.45) is 5.92 Å². The summed E-state index contributed by atoms with van der Waals surface area (Å²) in [6.07, 6.45) is 9.30. The maximum atomic E-state index is 13.4. The Hall–Kier alpha value is -2.20. The molecule has 2 fully saturated rings. The number of carbonyl (C=O) groups is 1. The van der Waals surface area contributed by atoms with E-state index in [1.54, 1.807) is 12.1 Å². The zero-order valence-electron chi connectivity index (χ0n) is 21.9. The summed E-state index contributed by atoms with van der Waals surface area (Å²) in [6, 6.07) is 5.34. The van der Waals surface area contributed by atoms with E-state index in [1.807, 2.05) is 13.0 Å². The van der Waals surface area contributed by atoms with Crippen molar-refractivity contribution in [2.45, 2.75) is 89.0 Å². The molecule has 2 aliphatic rings. The minimum Gasteiger partial charge on any atom is -0.434 e. The van der Waals surface area contributed by atoms with Crippen LogP contribution < -0.4 is 10.1 Å². The first-order valence-corrected chi connectivity index (χ1v) is 15.7. The highest BCUT2D eigenvalue weighted by molar-refractivity contribution is 7.91. The lowest BCUT2D eigenvalue weighted by Gasteiger charge is -2.27. The number of hydrogen-bond donors (Lipinski definition) is 1. The van der Waals surface area contributed by atoms with Crippen molar-refractivity contribution in [1.29, 1.82) is 0 Å². The number of carbonyl (C=O) groups excluding carboxylic acids is 1. The Morgan fingerprint density at radius 1 is 1.16 bits per heavy atom. The predicted molar refractivity (Wildman–Crippen MR) is 144 cm³/mol. The van der Waals surface area contributed by atoms with Gasteiger partial charge in [0.2, 0.25) is 0 Å². The van der Waals surface area contributed by atoms with Crippen LogP contribution in [-0.4, -0.2) is 48.8 Å². The molecule has 2 aliphatic carbocycles. The largest absolute Gasteiger partial charge is 0.434 e. The Kier molecular flexibility index (Phi) is 9.34. The first-order valence-electron chi connectivity index (χ1n) is 13.4. The summed E-state index contributed by atoms with van der Waals surface area (Å²) in [5.74, 6) is 0.0399. The van der Waals surface area contributed by atoms with Crippen molar-refractivity contribution >= 4 is 27.3 Å². The summed E-state index contributed by atoms with van der Waals surface area (Å²) >= 11 is 6.67. The molecule has 1 heterocycles. The molecule has 0 bridgehead atoms. The van der Waals surface area contributed by atoms with Crippen molar-refractivity contribution in [3.8, 4) is 17.0 Å². The van der Waals surface area contributed by atoms with Gasteiger partial charge in [-0.25, -0.2) is 8.42 Å². The number of aromatic nitrogens is 2. The Morgan fingerprint density at radius 2 is 1.84 bits per heavy atom. The number of alkyl halides is 2. The highest BCUT2D eigenvalue weighted by Gasteiger charge is 2.30. The molecule has 0 radical (unpaired) electrons. The number of rotatable bonds is 9. The average molecular weight is 572 g/mol. The highest BCUT2D eigenvalue weighted by Crippen LogP contribution is 2.41. The fraction of sp³-hybridized carbons (Fsp3) is 0.630. The van der Waals surface area contributed by atoms with E-state index in [1.165, 1.54) is 17.4 Å². The molecule has 2 aromatic rings. The topological polar surface area (TPSA) is 90.3 Å². The van der Waals surface area contributed by atoms with Gasteiger partial charge in [0.1, 0.15) is 15.6 Å². The molecule has 38 heavy (non-hydrogen) atoms. The van der Waals surface area contributed by atoms with Gasteiger partial charge in [-0.05, 0) is 75.0 Å². The second kappa shape index (κ2) is 12.3. The van der Waals surface area contributed by atoms with Crippen molar-refractivity contribution in [1.82, 2.24) is 15.1 Å². The van der Waals surface area contributed by atoms with E-state index in [0.29, 0.717) is 55.9 Å². The summed E-state index contributed by atoms with van der Waals surface area (Å²) in [5, 5.41) is 7.03. The molecule has 0 aliphatic heterocycles. The number of hydrogen-bond acceptors (Lipinski definition) is 5. The third-order valence-electron chi connectivity index (χ3n) is 7.91. The molecule has 1 aromatic heterocycles. The summed E-state index contributed by atoms with van der Waals surface area (Å²) in [5.41, 5.74) is 1.71. The van der Waals surface area contributed by atoms with Crippen LogP contribution in [-0.2, 0) is 16.4 Å². The van der Waals surface area contributed by atoms with Gasteiger partial charge in [0.15, 0.2) is 5.69 Å². The second-order valence-corrected chi connectivity index (χ2v) is 13.2. The lowest BCUT2D eigenvalue weighted by Crippen LogP contribution is -2.34. The molecule has 0 unspecified atom stereocenters.